The van der Waals surface area contributed by atoms with Crippen LogP contribution in [0.3, 0.4) is 0 Å². The van der Waals surface area contributed by atoms with E-state index in [2.05, 4.69) is 34.7 Å². The first kappa shape index (κ1) is 24.0. The molecule has 2 aliphatic heterocycles. The molecule has 0 aliphatic carbocycles. The molecule has 34 heavy (non-hydrogen) atoms. The van der Waals surface area contributed by atoms with Gasteiger partial charge in [-0.2, -0.15) is 8.78 Å². The van der Waals surface area contributed by atoms with E-state index in [0.29, 0.717) is 13.0 Å². The van der Waals surface area contributed by atoms with Gasteiger partial charge in [-0.3, -0.25) is 18.7 Å². The average Bonchev–Trinajstić information content (AvgIpc) is 3.18. The number of anilines is 1. The minimum Gasteiger partial charge on any atom is -0.415 e. The fraction of sp³-hybridized carbons (Fsp3) is 0.450. The molecule has 0 saturated carbocycles. The third-order valence-electron chi connectivity index (χ3n) is 6.30. The van der Waals surface area contributed by atoms with Gasteiger partial charge < -0.3 is 15.8 Å². The minimum atomic E-state index is -3.13. The monoisotopic (exact) mass is 499 g/mol. The molecule has 184 valence electrons. The lowest BCUT2D eigenvalue weighted by Gasteiger charge is -2.50. The van der Waals surface area contributed by atoms with Gasteiger partial charge in [-0.1, -0.05) is 0 Å². The number of amidine groups is 1. The van der Waals surface area contributed by atoms with Gasteiger partial charge in [-0.25, -0.2) is 19.3 Å². The molecule has 4 heterocycles. The number of alkyl halides is 2. The molecule has 0 spiro atoms. The van der Waals surface area contributed by atoms with Gasteiger partial charge in [-0.15, -0.1) is 0 Å². The second-order valence-electron chi connectivity index (χ2n) is 8.67. The predicted octanol–water partition coefficient (Wildman–Crippen LogP) is 1.52. The van der Waals surface area contributed by atoms with Crippen molar-refractivity contribution in [2.24, 2.45) is 10.7 Å². The van der Waals surface area contributed by atoms with Crippen LogP contribution >= 0.6 is 0 Å². The van der Waals surface area contributed by atoms with Crippen molar-refractivity contribution in [1.29, 1.82) is 0 Å². The van der Waals surface area contributed by atoms with E-state index in [-0.39, 0.29) is 23.0 Å². The molecule has 14 heteroatoms. The van der Waals surface area contributed by atoms with E-state index in [0.717, 1.165) is 18.5 Å². The number of nitrogens with zero attached hydrogens (tertiary/aromatic N) is 4. The second-order valence-corrected chi connectivity index (χ2v) is 12.0. The largest absolute Gasteiger partial charge is 0.415 e. The van der Waals surface area contributed by atoms with E-state index < -0.39 is 49.9 Å². The number of carbonyl (C=O) groups is 1. The zero-order valence-electron chi connectivity index (χ0n) is 18.6. The highest BCUT2D eigenvalue weighted by atomic mass is 32.3. The highest BCUT2D eigenvalue weighted by Gasteiger charge is 2.59. The Morgan fingerprint density at radius 3 is 2.68 bits per heavy atom. The van der Waals surface area contributed by atoms with Crippen LogP contribution in [0.25, 0.3) is 0 Å². The maximum absolute atomic E-state index is 15.0. The first-order valence-electron chi connectivity index (χ1n) is 10.3. The molecule has 0 radical (unpaired) electrons. The molecule has 0 aromatic carbocycles. The number of fused-ring (bicyclic) bond motifs is 1. The zero-order valence-corrected chi connectivity index (χ0v) is 19.4. The number of hydrogen-bond acceptors (Lipinski definition) is 8. The maximum Gasteiger partial charge on any atom is 0.388 e. The van der Waals surface area contributed by atoms with Crippen molar-refractivity contribution in [2.75, 3.05) is 11.9 Å². The Kier molecular flexibility index (Phi) is 5.84. The Morgan fingerprint density at radius 1 is 1.29 bits per heavy atom. The first-order chi connectivity index (χ1) is 15.9. The number of hydrogen-bond donors (Lipinski definition) is 4. The van der Waals surface area contributed by atoms with Crippen molar-refractivity contribution in [1.82, 2.24) is 19.7 Å². The number of thiol groups is 1. The summed E-state index contributed by atoms with van der Waals surface area (Å²) < 4.78 is 59.7. The van der Waals surface area contributed by atoms with Crippen LogP contribution in [0.4, 0.5) is 19.0 Å². The van der Waals surface area contributed by atoms with Crippen LogP contribution in [0, 0.1) is 5.82 Å². The molecular formula is C20H24F3N7O3S. The van der Waals surface area contributed by atoms with Crippen LogP contribution in [-0.2, 0) is 15.7 Å². The summed E-state index contributed by atoms with van der Waals surface area (Å²) in [6.07, 6.45) is 2.30. The molecule has 4 N–H and O–H groups in total. The molecule has 2 atom stereocenters. The summed E-state index contributed by atoms with van der Waals surface area (Å²) in [5.41, 5.74) is 4.55. The van der Waals surface area contributed by atoms with E-state index in [1.54, 1.807) is 20.8 Å². The zero-order chi connectivity index (χ0) is 24.9. The summed E-state index contributed by atoms with van der Waals surface area (Å²) in [5, 5.41) is 1.91. The van der Waals surface area contributed by atoms with Crippen molar-refractivity contribution in [3.63, 3.8) is 0 Å². The molecule has 1 fully saturated rings. The molecule has 1 saturated heterocycles. The average molecular weight is 500 g/mol. The van der Waals surface area contributed by atoms with Crippen LogP contribution in [0.15, 0.2) is 29.5 Å². The number of aliphatic imine (C=N–C) groups is 1. The van der Waals surface area contributed by atoms with Gasteiger partial charge in [0.15, 0.2) is 0 Å². The normalized spacial score (nSPS) is 25.9. The second kappa shape index (κ2) is 8.27. The fourth-order valence-corrected chi connectivity index (χ4v) is 7.98. The van der Waals surface area contributed by atoms with E-state index in [9.17, 15) is 17.8 Å². The summed E-state index contributed by atoms with van der Waals surface area (Å²) in [6.45, 7) is 2.51. The lowest BCUT2D eigenvalue weighted by molar-refractivity contribution is -0.0531. The van der Waals surface area contributed by atoms with Crippen LogP contribution < -0.4 is 20.5 Å². The van der Waals surface area contributed by atoms with Gasteiger partial charge in [0, 0.05) is 6.54 Å². The molecule has 0 bridgehead atoms. The van der Waals surface area contributed by atoms with E-state index in [4.69, 9.17) is 5.73 Å². The lowest BCUT2D eigenvalue weighted by Crippen LogP contribution is -2.64. The third-order valence-corrected chi connectivity index (χ3v) is 10.5. The topological polar surface area (TPSA) is 144 Å². The molecule has 2 aromatic rings. The summed E-state index contributed by atoms with van der Waals surface area (Å²) >= 11 is 0. The molecular weight excluding hydrogens is 475 g/mol. The number of rotatable bonds is 5. The number of aromatic nitrogens is 3. The van der Waals surface area contributed by atoms with Gasteiger partial charge in [0.2, 0.25) is 5.88 Å². The molecule has 1 amide bonds. The maximum atomic E-state index is 15.0. The van der Waals surface area contributed by atoms with Crippen LogP contribution in [-0.4, -0.2) is 54.1 Å². The first-order valence-corrected chi connectivity index (χ1v) is 12.1. The molecule has 2 aromatic heterocycles. The number of carbonyl (C=O) groups excluding carboxylic acids is 1. The summed E-state index contributed by atoms with van der Waals surface area (Å²) in [5.74, 6) is -1.79. The van der Waals surface area contributed by atoms with Crippen molar-refractivity contribution >= 4 is 27.7 Å². The van der Waals surface area contributed by atoms with Gasteiger partial charge in [0.05, 0.1) is 22.4 Å². The Bertz CT molecular complexity index is 1210. The Morgan fingerprint density at radius 2 is 2.03 bits per heavy atom. The van der Waals surface area contributed by atoms with Gasteiger partial charge in [0.25, 0.3) is 5.91 Å². The molecule has 10 nitrogen and oxygen atoms in total. The highest BCUT2D eigenvalue weighted by molar-refractivity contribution is 8.04. The fourth-order valence-electron chi connectivity index (χ4n) is 4.36. The molecule has 2 aliphatic rings. The standard InChI is InChI=1S/C20H24F3N7O3S/c1-19(2)17(24)30-20(3,12-6-7-27-34(12,19)32)15-10(21)4-5-13(28-15)29-16(31)11-8-26-14(9-25-11)33-18(22)23/h4-5,8-9,12,18,34H,6-7H2,1-3H3,(H2,24,30)(H,27,32)(H,28,29,31)/t12-,20+/m1/s1. The Hall–Kier alpha value is -3.13. The van der Waals surface area contributed by atoms with Crippen molar-refractivity contribution in [2.45, 2.75) is 49.3 Å². The Labute approximate surface area is 194 Å². The number of ether oxygens (including phenoxy) is 1. The van der Waals surface area contributed by atoms with Crippen molar-refractivity contribution < 1.29 is 26.9 Å². The van der Waals surface area contributed by atoms with Gasteiger partial charge in [-0.05, 0) is 49.4 Å². The SMILES string of the molecule is CC1(C)C(N)=N[C@](C)(c2nc(NC(=O)c3cnc(OC(F)F)cn3)ccc2F)[C@H]2CCN[SH]21=O. The number of halogens is 3. The molecule has 0 unspecified atom stereocenters. The molecule has 4 rings (SSSR count). The summed E-state index contributed by atoms with van der Waals surface area (Å²) in [4.78, 5) is 28.7. The van der Waals surface area contributed by atoms with E-state index in [1.165, 1.54) is 6.07 Å². The number of amides is 1. The van der Waals surface area contributed by atoms with Crippen molar-refractivity contribution in [3.8, 4) is 5.88 Å². The van der Waals surface area contributed by atoms with Crippen LogP contribution in [0.5, 0.6) is 5.88 Å². The van der Waals surface area contributed by atoms with Crippen LogP contribution in [0.1, 0.15) is 43.4 Å². The number of nitrogens with one attached hydrogen (secondary N) is 2. The Balaban J connectivity index is 1.66. The predicted molar refractivity (Wildman–Crippen MR) is 120 cm³/mol. The minimum absolute atomic E-state index is 0.0169. The van der Waals surface area contributed by atoms with Gasteiger partial charge in [0.1, 0.15) is 34.4 Å². The summed E-state index contributed by atoms with van der Waals surface area (Å²) in [7, 11) is -3.13. The highest BCUT2D eigenvalue weighted by Crippen LogP contribution is 2.48. The van der Waals surface area contributed by atoms with Gasteiger partial charge >= 0.3 is 6.61 Å². The number of pyridine rings is 1. The van der Waals surface area contributed by atoms with Crippen molar-refractivity contribution in [3.05, 3.63) is 41.7 Å². The summed E-state index contributed by atoms with van der Waals surface area (Å²) in [6, 6.07) is 2.36. The van der Waals surface area contributed by atoms with E-state index in [1.807, 2.05) is 0 Å². The number of nitrogens with two attached hydrogens (primary N) is 1. The smallest absolute Gasteiger partial charge is 0.388 e. The quantitative estimate of drug-likeness (QED) is 0.457. The third kappa shape index (κ3) is 3.79. The van der Waals surface area contributed by atoms with E-state index >= 15 is 4.39 Å². The van der Waals surface area contributed by atoms with Crippen LogP contribution in [0.2, 0.25) is 0 Å². The lowest BCUT2D eigenvalue weighted by atomic mass is 9.90.